The normalized spacial score (nSPS) is 14.7. The molecule has 0 saturated carbocycles. The first-order valence-corrected chi connectivity index (χ1v) is 13.5. The van der Waals surface area contributed by atoms with Gasteiger partial charge in [0.2, 0.25) is 5.91 Å². The highest BCUT2D eigenvalue weighted by Gasteiger charge is 2.31. The van der Waals surface area contributed by atoms with Gasteiger partial charge < -0.3 is 20.1 Å². The second-order valence-electron chi connectivity index (χ2n) is 10.1. The highest BCUT2D eigenvalue weighted by atomic mass is 19.4. The summed E-state index contributed by atoms with van der Waals surface area (Å²) in [7, 11) is 1.59. The van der Waals surface area contributed by atoms with Crippen LogP contribution >= 0.6 is 0 Å². The van der Waals surface area contributed by atoms with Crippen LogP contribution in [0, 0.1) is 0 Å². The summed E-state index contributed by atoms with van der Waals surface area (Å²) in [5.74, 6) is -0.383. The van der Waals surface area contributed by atoms with Gasteiger partial charge in [-0.25, -0.2) is 9.97 Å². The largest absolute Gasteiger partial charge is 0.493 e. The lowest BCUT2D eigenvalue weighted by Gasteiger charge is -2.17. The predicted molar refractivity (Wildman–Crippen MR) is 150 cm³/mol. The molecule has 1 amide bonds. The third-order valence-electron chi connectivity index (χ3n) is 7.37. The Bertz CT molecular complexity index is 1500. The summed E-state index contributed by atoms with van der Waals surface area (Å²) in [4.78, 5) is 23.7. The SMILES string of the molecule is COc1cc2ncnc(-c3ccc(C(C(N)=O)c4ccc(C(F)(F)F)cc4)cc3)c2cc1OCCCN1CCCC1. The van der Waals surface area contributed by atoms with E-state index in [1.165, 1.54) is 31.3 Å². The number of alkyl halides is 3. The van der Waals surface area contributed by atoms with Crippen molar-refractivity contribution < 1.29 is 27.4 Å². The number of aromatic nitrogens is 2. The summed E-state index contributed by atoms with van der Waals surface area (Å²) in [6.45, 7) is 3.83. The van der Waals surface area contributed by atoms with E-state index in [0.717, 1.165) is 49.1 Å². The van der Waals surface area contributed by atoms with Crippen molar-refractivity contribution in [3.8, 4) is 22.8 Å². The third kappa shape index (κ3) is 6.43. The minimum atomic E-state index is -4.47. The number of ether oxygens (including phenoxy) is 2. The molecule has 0 radical (unpaired) electrons. The van der Waals surface area contributed by atoms with E-state index >= 15 is 0 Å². The molecule has 10 heteroatoms. The Hall–Kier alpha value is -4.18. The number of primary amides is 1. The highest BCUT2D eigenvalue weighted by molar-refractivity contribution is 5.94. The van der Waals surface area contributed by atoms with E-state index in [0.29, 0.717) is 40.4 Å². The number of likely N-dealkylation sites (tertiary alicyclic amines) is 1. The number of nitrogens with zero attached hydrogens (tertiary/aromatic N) is 3. The molecule has 0 bridgehead atoms. The van der Waals surface area contributed by atoms with Gasteiger partial charge in [-0.3, -0.25) is 4.79 Å². The molecule has 0 spiro atoms. The molecule has 4 aromatic rings. The Morgan fingerprint density at radius 1 is 0.976 bits per heavy atom. The average Bonchev–Trinajstić information content (AvgIpc) is 3.48. The molecule has 1 aliphatic heterocycles. The van der Waals surface area contributed by atoms with Gasteiger partial charge in [-0.1, -0.05) is 36.4 Å². The van der Waals surface area contributed by atoms with E-state index in [1.54, 1.807) is 31.4 Å². The number of carbonyl (C=O) groups is 1. The Morgan fingerprint density at radius 2 is 1.63 bits per heavy atom. The first-order valence-electron chi connectivity index (χ1n) is 13.5. The number of benzene rings is 3. The summed E-state index contributed by atoms with van der Waals surface area (Å²) in [5.41, 5.74) is 7.92. The quantitative estimate of drug-likeness (QED) is 0.245. The second kappa shape index (κ2) is 12.1. The number of hydrogen-bond donors (Lipinski definition) is 1. The van der Waals surface area contributed by atoms with Gasteiger partial charge in [0.15, 0.2) is 11.5 Å². The zero-order valence-electron chi connectivity index (χ0n) is 22.7. The van der Waals surface area contributed by atoms with Crippen LogP contribution in [0.2, 0.25) is 0 Å². The topological polar surface area (TPSA) is 90.6 Å². The van der Waals surface area contributed by atoms with Crippen LogP contribution in [0.1, 0.15) is 41.9 Å². The number of hydrogen-bond acceptors (Lipinski definition) is 6. The van der Waals surface area contributed by atoms with Crippen molar-refractivity contribution in [3.63, 3.8) is 0 Å². The lowest BCUT2D eigenvalue weighted by atomic mass is 9.89. The number of methoxy groups -OCH3 is 1. The molecular formula is C31H31F3N4O3. The Kier molecular flexibility index (Phi) is 8.39. The number of amides is 1. The summed E-state index contributed by atoms with van der Waals surface area (Å²) in [5, 5.41) is 0.768. The van der Waals surface area contributed by atoms with Crippen LogP contribution in [0.5, 0.6) is 11.5 Å². The zero-order valence-corrected chi connectivity index (χ0v) is 22.7. The highest BCUT2D eigenvalue weighted by Crippen LogP contribution is 2.37. The summed E-state index contributed by atoms with van der Waals surface area (Å²) in [6, 6.07) is 15.2. The van der Waals surface area contributed by atoms with Crippen LogP contribution in [0.25, 0.3) is 22.2 Å². The van der Waals surface area contributed by atoms with Crippen molar-refractivity contribution in [2.24, 2.45) is 5.73 Å². The van der Waals surface area contributed by atoms with Crippen molar-refractivity contribution in [2.45, 2.75) is 31.4 Å². The van der Waals surface area contributed by atoms with Crippen molar-refractivity contribution in [2.75, 3.05) is 33.4 Å². The molecule has 3 aromatic carbocycles. The van der Waals surface area contributed by atoms with E-state index in [1.807, 2.05) is 12.1 Å². The second-order valence-corrected chi connectivity index (χ2v) is 10.1. The van der Waals surface area contributed by atoms with Gasteiger partial charge in [0.05, 0.1) is 36.4 Å². The van der Waals surface area contributed by atoms with Crippen LogP contribution in [-0.4, -0.2) is 54.1 Å². The fraction of sp³-hybridized carbons (Fsp3) is 0.323. The molecule has 2 heterocycles. The van der Waals surface area contributed by atoms with Crippen molar-refractivity contribution in [1.29, 1.82) is 0 Å². The zero-order chi connectivity index (χ0) is 29.0. The molecule has 7 nitrogen and oxygen atoms in total. The van der Waals surface area contributed by atoms with Gasteiger partial charge in [0.25, 0.3) is 0 Å². The Morgan fingerprint density at radius 3 is 2.24 bits per heavy atom. The van der Waals surface area contributed by atoms with Crippen LogP contribution in [0.15, 0.2) is 67.0 Å². The first-order chi connectivity index (χ1) is 19.7. The summed E-state index contributed by atoms with van der Waals surface area (Å²) >= 11 is 0. The average molecular weight is 565 g/mol. The number of fused-ring (bicyclic) bond motifs is 1. The maximum absolute atomic E-state index is 13.0. The van der Waals surface area contributed by atoms with Gasteiger partial charge in [0, 0.05) is 23.6 Å². The molecule has 0 aliphatic carbocycles. The predicted octanol–water partition coefficient (Wildman–Crippen LogP) is 5.81. The smallest absolute Gasteiger partial charge is 0.416 e. The molecule has 1 fully saturated rings. The molecular weight excluding hydrogens is 533 g/mol. The fourth-order valence-corrected chi connectivity index (χ4v) is 5.26. The molecule has 1 atom stereocenters. The minimum absolute atomic E-state index is 0.379. The Labute approximate surface area is 236 Å². The van der Waals surface area contributed by atoms with Crippen molar-refractivity contribution >= 4 is 16.8 Å². The van der Waals surface area contributed by atoms with Gasteiger partial charge in [-0.05, 0) is 61.7 Å². The van der Waals surface area contributed by atoms with Crippen molar-refractivity contribution in [1.82, 2.24) is 14.9 Å². The summed E-state index contributed by atoms with van der Waals surface area (Å²) < 4.78 is 50.7. The molecule has 5 rings (SSSR count). The number of rotatable bonds is 10. The van der Waals surface area contributed by atoms with Gasteiger partial charge in [0.1, 0.15) is 6.33 Å². The molecule has 2 N–H and O–H groups in total. The van der Waals surface area contributed by atoms with E-state index < -0.39 is 23.6 Å². The fourth-order valence-electron chi connectivity index (χ4n) is 5.26. The molecule has 1 saturated heterocycles. The lowest BCUT2D eigenvalue weighted by molar-refractivity contribution is -0.137. The molecule has 214 valence electrons. The van der Waals surface area contributed by atoms with Gasteiger partial charge in [-0.15, -0.1) is 0 Å². The maximum atomic E-state index is 13.0. The van der Waals surface area contributed by atoms with E-state index in [2.05, 4.69) is 14.9 Å². The number of halogens is 3. The molecule has 41 heavy (non-hydrogen) atoms. The van der Waals surface area contributed by atoms with Crippen LogP contribution in [0.3, 0.4) is 0 Å². The first kappa shape index (κ1) is 28.4. The van der Waals surface area contributed by atoms with E-state index in [9.17, 15) is 18.0 Å². The van der Waals surface area contributed by atoms with E-state index in [-0.39, 0.29) is 0 Å². The van der Waals surface area contributed by atoms with Crippen LogP contribution in [0.4, 0.5) is 13.2 Å². The Balaban J connectivity index is 1.40. The third-order valence-corrected chi connectivity index (χ3v) is 7.37. The molecule has 1 unspecified atom stereocenters. The minimum Gasteiger partial charge on any atom is -0.493 e. The van der Waals surface area contributed by atoms with Gasteiger partial charge in [-0.2, -0.15) is 13.2 Å². The van der Waals surface area contributed by atoms with Gasteiger partial charge >= 0.3 is 6.18 Å². The lowest BCUT2D eigenvalue weighted by Crippen LogP contribution is -2.22. The van der Waals surface area contributed by atoms with Crippen molar-refractivity contribution in [3.05, 3.63) is 83.7 Å². The monoisotopic (exact) mass is 564 g/mol. The molecule has 1 aliphatic rings. The maximum Gasteiger partial charge on any atom is 0.416 e. The number of carbonyl (C=O) groups excluding carboxylic acids is 1. The van der Waals surface area contributed by atoms with Crippen LogP contribution < -0.4 is 15.2 Å². The molecule has 1 aromatic heterocycles. The standard InChI is InChI=1S/C31H31F3N4O3/c1-40-26-18-25-24(17-27(26)41-16-4-15-38-13-2-3-14-38)29(37-19-36-25)22-7-5-20(6-8-22)28(30(35)39)21-9-11-23(12-10-21)31(32,33)34/h5-12,17-19,28H,2-4,13-16H2,1H3,(H2,35,39). The van der Waals surface area contributed by atoms with E-state index in [4.69, 9.17) is 15.2 Å². The number of nitrogens with two attached hydrogens (primary N) is 1. The summed E-state index contributed by atoms with van der Waals surface area (Å²) in [6.07, 6.45) is 0.407. The van der Waals surface area contributed by atoms with Crippen LogP contribution in [-0.2, 0) is 11.0 Å².